The summed E-state index contributed by atoms with van der Waals surface area (Å²) >= 11 is 5.88. The Hall–Kier alpha value is -1.24. The van der Waals surface area contributed by atoms with Crippen molar-refractivity contribution in [1.82, 2.24) is 9.78 Å². The molecule has 0 bridgehead atoms. The van der Waals surface area contributed by atoms with Crippen molar-refractivity contribution in [3.8, 4) is 0 Å². The van der Waals surface area contributed by atoms with Crippen molar-refractivity contribution in [1.29, 1.82) is 0 Å². The Labute approximate surface area is 113 Å². The van der Waals surface area contributed by atoms with Crippen molar-refractivity contribution in [3.63, 3.8) is 0 Å². The van der Waals surface area contributed by atoms with E-state index >= 15 is 0 Å². The number of aromatic nitrogens is 2. The van der Waals surface area contributed by atoms with Crippen LogP contribution in [0.25, 0.3) is 0 Å². The van der Waals surface area contributed by atoms with Gasteiger partial charge in [-0.3, -0.25) is 10.1 Å². The molecule has 1 aliphatic carbocycles. The van der Waals surface area contributed by atoms with Crippen LogP contribution in [0, 0.1) is 10.1 Å². The molecule has 2 rings (SSSR count). The van der Waals surface area contributed by atoms with Gasteiger partial charge in [-0.15, -0.1) is 0 Å². The first-order valence-corrected chi connectivity index (χ1v) is 6.60. The van der Waals surface area contributed by atoms with Crippen molar-refractivity contribution in [3.05, 3.63) is 21.0 Å². The van der Waals surface area contributed by atoms with Crippen LogP contribution in [0.15, 0.2) is 0 Å². The monoisotopic (exact) mass is 293 g/mol. The summed E-state index contributed by atoms with van der Waals surface area (Å²) in [6.07, 6.45) is 2.61. The number of hydrogen-bond acceptors (Lipinski definition) is 3. The summed E-state index contributed by atoms with van der Waals surface area (Å²) in [4.78, 5) is 9.96. The van der Waals surface area contributed by atoms with Gasteiger partial charge in [-0.2, -0.15) is 5.10 Å². The van der Waals surface area contributed by atoms with Crippen molar-refractivity contribution >= 4 is 17.3 Å². The van der Waals surface area contributed by atoms with E-state index in [4.69, 9.17) is 11.6 Å². The summed E-state index contributed by atoms with van der Waals surface area (Å²) in [5.41, 5.74) is -1.60. The molecule has 0 unspecified atom stereocenters. The van der Waals surface area contributed by atoms with Crippen LogP contribution in [0.5, 0.6) is 0 Å². The Morgan fingerprint density at radius 3 is 2.32 bits per heavy atom. The zero-order valence-corrected chi connectivity index (χ0v) is 10.9. The van der Waals surface area contributed by atoms with Crippen molar-refractivity contribution in [2.45, 2.75) is 51.0 Å². The maximum atomic E-state index is 12.8. The predicted octanol–water partition coefficient (Wildman–Crippen LogP) is 4.28. The van der Waals surface area contributed by atoms with Crippen LogP contribution in [-0.2, 0) is 0 Å². The van der Waals surface area contributed by atoms with E-state index in [-0.39, 0.29) is 11.2 Å². The van der Waals surface area contributed by atoms with Gasteiger partial charge in [0.2, 0.25) is 10.8 Å². The van der Waals surface area contributed by atoms with Gasteiger partial charge >= 0.3 is 5.69 Å². The summed E-state index contributed by atoms with van der Waals surface area (Å²) in [5.74, 6) is 0. The predicted molar refractivity (Wildman–Crippen MR) is 65.6 cm³/mol. The summed E-state index contributed by atoms with van der Waals surface area (Å²) in [6, 6.07) is -0.124. The van der Waals surface area contributed by atoms with Crippen LogP contribution in [0.3, 0.4) is 0 Å². The molecule has 0 radical (unpaired) electrons. The number of nitrogens with zero attached hydrogens (tertiary/aromatic N) is 3. The first-order chi connectivity index (χ1) is 9.02. The molecule has 8 heteroatoms. The number of hydrogen-bond donors (Lipinski definition) is 0. The van der Waals surface area contributed by atoms with Gasteiger partial charge in [-0.1, -0.05) is 37.3 Å². The maximum absolute atomic E-state index is 12.8. The summed E-state index contributed by atoms with van der Waals surface area (Å²) in [5, 5.41) is 14.2. The van der Waals surface area contributed by atoms with Crippen LogP contribution >= 0.6 is 11.6 Å². The molecule has 1 fully saturated rings. The average molecular weight is 294 g/mol. The third kappa shape index (κ3) is 2.86. The highest BCUT2D eigenvalue weighted by Crippen LogP contribution is 2.38. The molecule has 1 aliphatic rings. The first kappa shape index (κ1) is 14.2. The number of halogens is 3. The van der Waals surface area contributed by atoms with E-state index in [0.717, 1.165) is 38.5 Å². The molecular formula is C11H14ClF2N3O2. The Balaban J connectivity index is 2.40. The molecule has 0 amide bonds. The lowest BCUT2D eigenvalue weighted by molar-refractivity contribution is -0.386. The van der Waals surface area contributed by atoms with Crippen LogP contribution in [0.1, 0.15) is 56.7 Å². The minimum Gasteiger partial charge on any atom is -0.258 e. The van der Waals surface area contributed by atoms with E-state index in [0.29, 0.717) is 0 Å². The molecule has 19 heavy (non-hydrogen) atoms. The van der Waals surface area contributed by atoms with Gasteiger partial charge in [-0.05, 0) is 12.8 Å². The summed E-state index contributed by atoms with van der Waals surface area (Å²) < 4.78 is 26.8. The Kier molecular flexibility index (Phi) is 4.34. The molecule has 1 aromatic heterocycles. The molecule has 0 saturated heterocycles. The SMILES string of the molecule is O=[N+]([O-])c1c(C(F)F)nn(C2CCCCCC2)c1Cl. The largest absolute Gasteiger partial charge is 0.335 e. The van der Waals surface area contributed by atoms with Crippen molar-refractivity contribution in [2.75, 3.05) is 0 Å². The van der Waals surface area contributed by atoms with Crippen molar-refractivity contribution < 1.29 is 13.7 Å². The maximum Gasteiger partial charge on any atom is 0.335 e. The standard InChI is InChI=1S/C11H14ClF2N3O2/c12-10-9(17(18)19)8(11(13)14)15-16(10)7-5-3-1-2-4-6-7/h7,11H,1-6H2. The minimum absolute atomic E-state index is 0.124. The first-order valence-electron chi connectivity index (χ1n) is 6.22. The van der Waals surface area contributed by atoms with Gasteiger partial charge in [0, 0.05) is 0 Å². The molecule has 0 N–H and O–H groups in total. The Bertz CT molecular complexity index is 471. The molecule has 5 nitrogen and oxygen atoms in total. The Morgan fingerprint density at radius 2 is 1.89 bits per heavy atom. The molecule has 0 aliphatic heterocycles. The topological polar surface area (TPSA) is 61.0 Å². The van der Waals surface area contributed by atoms with Crippen LogP contribution in [0.2, 0.25) is 5.15 Å². The molecular weight excluding hydrogens is 280 g/mol. The second-order valence-electron chi connectivity index (χ2n) is 4.67. The quantitative estimate of drug-likeness (QED) is 0.475. The fourth-order valence-corrected chi connectivity index (χ4v) is 2.82. The fraction of sp³-hybridized carbons (Fsp3) is 0.727. The van der Waals surface area contributed by atoms with Gasteiger partial charge in [0.1, 0.15) is 0 Å². The number of rotatable bonds is 3. The Morgan fingerprint density at radius 1 is 1.32 bits per heavy atom. The minimum atomic E-state index is -3.00. The smallest absolute Gasteiger partial charge is 0.258 e. The van der Waals surface area contributed by atoms with Crippen molar-refractivity contribution in [2.24, 2.45) is 0 Å². The van der Waals surface area contributed by atoms with E-state index in [9.17, 15) is 18.9 Å². The second kappa shape index (κ2) is 5.81. The van der Waals surface area contributed by atoms with E-state index in [1.54, 1.807) is 0 Å². The summed E-state index contributed by atoms with van der Waals surface area (Å²) in [7, 11) is 0. The molecule has 0 aromatic carbocycles. The lowest BCUT2D eigenvalue weighted by Crippen LogP contribution is -2.10. The average Bonchev–Trinajstić information content (AvgIpc) is 2.53. The molecule has 106 valence electrons. The molecule has 0 atom stereocenters. The molecule has 1 heterocycles. The van der Waals surface area contributed by atoms with Gasteiger partial charge in [-0.25, -0.2) is 13.5 Å². The van der Waals surface area contributed by atoms with Crippen LogP contribution in [-0.4, -0.2) is 14.7 Å². The number of nitro groups is 1. The fourth-order valence-electron chi connectivity index (χ4n) is 2.48. The zero-order chi connectivity index (χ0) is 14.0. The van der Waals surface area contributed by atoms with Gasteiger partial charge < -0.3 is 0 Å². The third-order valence-corrected chi connectivity index (χ3v) is 3.77. The van der Waals surface area contributed by atoms with Gasteiger partial charge in [0.15, 0.2) is 0 Å². The van der Waals surface area contributed by atoms with E-state index in [1.807, 2.05) is 0 Å². The molecule has 1 saturated carbocycles. The van der Waals surface area contributed by atoms with Crippen LogP contribution < -0.4 is 0 Å². The lowest BCUT2D eigenvalue weighted by atomic mass is 10.1. The van der Waals surface area contributed by atoms with Gasteiger partial charge in [0.05, 0.1) is 11.0 Å². The molecule has 1 aromatic rings. The van der Waals surface area contributed by atoms with E-state index < -0.39 is 22.7 Å². The van der Waals surface area contributed by atoms with Crippen LogP contribution in [0.4, 0.5) is 14.5 Å². The highest BCUT2D eigenvalue weighted by Gasteiger charge is 2.34. The molecule has 0 spiro atoms. The lowest BCUT2D eigenvalue weighted by Gasteiger charge is -2.14. The highest BCUT2D eigenvalue weighted by molar-refractivity contribution is 6.31. The van der Waals surface area contributed by atoms with E-state index in [2.05, 4.69) is 5.10 Å². The second-order valence-corrected chi connectivity index (χ2v) is 5.03. The third-order valence-electron chi connectivity index (χ3n) is 3.41. The van der Waals surface area contributed by atoms with Gasteiger partial charge in [0.25, 0.3) is 6.43 Å². The summed E-state index contributed by atoms with van der Waals surface area (Å²) in [6.45, 7) is 0. The van der Waals surface area contributed by atoms with E-state index in [1.165, 1.54) is 4.68 Å². The highest BCUT2D eigenvalue weighted by atomic mass is 35.5. The normalized spacial score (nSPS) is 17.7. The number of alkyl halides is 2. The zero-order valence-electron chi connectivity index (χ0n) is 10.2.